The molecule has 1 aromatic carbocycles. The van der Waals surface area contributed by atoms with Crippen LogP contribution in [0.3, 0.4) is 0 Å². The van der Waals surface area contributed by atoms with Gasteiger partial charge in [0.15, 0.2) is 17.3 Å². The Labute approximate surface area is 202 Å². The summed E-state index contributed by atoms with van der Waals surface area (Å²) in [6, 6.07) is 5.31. The van der Waals surface area contributed by atoms with Gasteiger partial charge in [-0.3, -0.25) is 24.5 Å². The zero-order valence-corrected chi connectivity index (χ0v) is 19.4. The fourth-order valence-electron chi connectivity index (χ4n) is 4.27. The summed E-state index contributed by atoms with van der Waals surface area (Å²) < 4.78 is 10.7. The lowest BCUT2D eigenvalue weighted by molar-refractivity contribution is 0.0989. The number of fused-ring (bicyclic) bond motifs is 1. The Kier molecular flexibility index (Phi) is 6.15. The number of methoxy groups -OCH3 is 2. The van der Waals surface area contributed by atoms with Crippen LogP contribution in [0.25, 0.3) is 0 Å². The highest BCUT2D eigenvalue weighted by Crippen LogP contribution is 2.36. The van der Waals surface area contributed by atoms with Gasteiger partial charge in [-0.05, 0) is 23.8 Å². The molecule has 0 spiro atoms. The average Bonchev–Trinajstić information content (AvgIpc) is 3.23. The van der Waals surface area contributed by atoms with E-state index in [1.54, 1.807) is 31.6 Å². The molecule has 0 atom stereocenters. The third kappa shape index (κ3) is 4.33. The molecule has 0 aliphatic carbocycles. The normalized spacial score (nSPS) is 15.1. The van der Waals surface area contributed by atoms with Crippen molar-refractivity contribution in [2.45, 2.75) is 6.54 Å². The van der Waals surface area contributed by atoms with E-state index in [-0.39, 0.29) is 24.0 Å². The second kappa shape index (κ2) is 9.55. The molecule has 0 saturated carbocycles. The van der Waals surface area contributed by atoms with Crippen molar-refractivity contribution >= 4 is 29.0 Å². The number of benzene rings is 1. The Morgan fingerprint density at radius 2 is 1.83 bits per heavy atom. The maximum absolute atomic E-state index is 13.1. The molecule has 1 saturated heterocycles. The van der Waals surface area contributed by atoms with Gasteiger partial charge in [0.25, 0.3) is 11.8 Å². The molecule has 2 N–H and O–H groups in total. The third-order valence-corrected chi connectivity index (χ3v) is 6.05. The van der Waals surface area contributed by atoms with Gasteiger partial charge in [-0.25, -0.2) is 4.98 Å². The van der Waals surface area contributed by atoms with Crippen molar-refractivity contribution in [1.82, 2.24) is 20.3 Å². The first-order chi connectivity index (χ1) is 17.1. The van der Waals surface area contributed by atoms with Crippen LogP contribution in [0.2, 0.25) is 0 Å². The highest BCUT2D eigenvalue weighted by atomic mass is 16.5. The smallest absolute Gasteiger partial charge is 0.276 e. The molecular weight excluding hydrogens is 450 g/mol. The van der Waals surface area contributed by atoms with Crippen LogP contribution in [0.15, 0.2) is 43.0 Å². The summed E-state index contributed by atoms with van der Waals surface area (Å²) in [5, 5.41) is 6.22. The van der Waals surface area contributed by atoms with Crippen LogP contribution in [-0.2, 0) is 6.54 Å². The summed E-state index contributed by atoms with van der Waals surface area (Å²) in [5.41, 5.74) is 2.86. The van der Waals surface area contributed by atoms with Crippen LogP contribution < -0.4 is 29.9 Å². The van der Waals surface area contributed by atoms with Gasteiger partial charge in [0.2, 0.25) is 0 Å². The molecular formula is C24H25N7O4. The Bertz CT molecular complexity index is 1280. The van der Waals surface area contributed by atoms with Gasteiger partial charge in [-0.2, -0.15) is 0 Å². The quantitative estimate of drug-likeness (QED) is 0.549. The molecule has 2 amide bonds. The molecule has 11 nitrogen and oxygen atoms in total. The Morgan fingerprint density at radius 3 is 2.60 bits per heavy atom. The van der Waals surface area contributed by atoms with Crippen LogP contribution in [0.1, 0.15) is 26.4 Å². The summed E-state index contributed by atoms with van der Waals surface area (Å²) in [7, 11) is 3.06. The maximum Gasteiger partial charge on any atom is 0.276 e. The molecule has 3 aromatic rings. The van der Waals surface area contributed by atoms with E-state index in [1.807, 2.05) is 6.07 Å². The van der Waals surface area contributed by atoms with Crippen molar-refractivity contribution in [2.24, 2.45) is 0 Å². The molecule has 180 valence electrons. The summed E-state index contributed by atoms with van der Waals surface area (Å²) in [4.78, 5) is 42.6. The SMILES string of the molecule is COc1cc2c(cc1OC)C(=O)N(c1cncc(C(=O)Nc3cnccc3N3CCNCC3)n1)C2. The minimum absolute atomic E-state index is 0.0940. The van der Waals surface area contributed by atoms with Gasteiger partial charge >= 0.3 is 0 Å². The van der Waals surface area contributed by atoms with Crippen LogP contribution in [0.4, 0.5) is 17.2 Å². The van der Waals surface area contributed by atoms with Crippen LogP contribution in [0, 0.1) is 0 Å². The van der Waals surface area contributed by atoms with Gasteiger partial charge < -0.3 is 25.0 Å². The van der Waals surface area contributed by atoms with E-state index >= 15 is 0 Å². The Balaban J connectivity index is 1.37. The number of ether oxygens (including phenoxy) is 2. The molecule has 2 aliphatic heterocycles. The monoisotopic (exact) mass is 475 g/mol. The van der Waals surface area contributed by atoms with E-state index < -0.39 is 5.91 Å². The first kappa shape index (κ1) is 22.5. The molecule has 4 heterocycles. The first-order valence-electron chi connectivity index (χ1n) is 11.2. The Hall–Kier alpha value is -4.25. The van der Waals surface area contributed by atoms with Gasteiger partial charge in [0.1, 0.15) is 5.69 Å². The molecule has 2 aromatic heterocycles. The number of nitrogens with one attached hydrogen (secondary N) is 2. The van der Waals surface area contributed by atoms with Crippen molar-refractivity contribution in [3.8, 4) is 11.5 Å². The lowest BCUT2D eigenvalue weighted by Crippen LogP contribution is -2.43. The van der Waals surface area contributed by atoms with E-state index in [9.17, 15) is 9.59 Å². The van der Waals surface area contributed by atoms with Crippen molar-refractivity contribution in [2.75, 3.05) is 55.5 Å². The van der Waals surface area contributed by atoms with Crippen LogP contribution in [0.5, 0.6) is 11.5 Å². The van der Waals surface area contributed by atoms with Crippen molar-refractivity contribution in [3.05, 3.63) is 59.8 Å². The van der Waals surface area contributed by atoms with Gasteiger partial charge in [-0.1, -0.05) is 0 Å². The fraction of sp³-hybridized carbons (Fsp3) is 0.292. The topological polar surface area (TPSA) is 122 Å². The number of carbonyl (C=O) groups is 2. The number of hydrogen-bond acceptors (Lipinski definition) is 9. The lowest BCUT2D eigenvalue weighted by Gasteiger charge is -2.30. The molecule has 0 bridgehead atoms. The second-order valence-corrected chi connectivity index (χ2v) is 8.10. The van der Waals surface area contributed by atoms with Crippen molar-refractivity contribution in [3.63, 3.8) is 0 Å². The molecule has 1 fully saturated rings. The predicted octanol–water partition coefficient (Wildman–Crippen LogP) is 1.71. The number of aromatic nitrogens is 3. The van der Waals surface area contributed by atoms with Crippen molar-refractivity contribution in [1.29, 1.82) is 0 Å². The largest absolute Gasteiger partial charge is 0.493 e. The number of piperazine rings is 1. The van der Waals surface area contributed by atoms with Gasteiger partial charge in [0.05, 0.1) is 50.7 Å². The number of rotatable bonds is 6. The second-order valence-electron chi connectivity index (χ2n) is 8.10. The van der Waals surface area contributed by atoms with E-state index in [0.29, 0.717) is 22.7 Å². The molecule has 0 unspecified atom stereocenters. The predicted molar refractivity (Wildman–Crippen MR) is 129 cm³/mol. The third-order valence-electron chi connectivity index (χ3n) is 6.05. The molecule has 0 radical (unpaired) electrons. The van der Waals surface area contributed by atoms with E-state index in [2.05, 4.69) is 30.5 Å². The van der Waals surface area contributed by atoms with Gasteiger partial charge in [-0.15, -0.1) is 0 Å². The first-order valence-corrected chi connectivity index (χ1v) is 11.2. The van der Waals surface area contributed by atoms with E-state index in [1.165, 1.54) is 24.4 Å². The Morgan fingerprint density at radius 1 is 1.06 bits per heavy atom. The fourth-order valence-corrected chi connectivity index (χ4v) is 4.27. The molecule has 2 aliphatic rings. The number of nitrogens with zero attached hydrogens (tertiary/aromatic N) is 5. The van der Waals surface area contributed by atoms with Crippen molar-refractivity contribution < 1.29 is 19.1 Å². The number of carbonyl (C=O) groups excluding carboxylic acids is 2. The average molecular weight is 476 g/mol. The number of amides is 2. The molecule has 35 heavy (non-hydrogen) atoms. The number of pyridine rings is 1. The summed E-state index contributed by atoms with van der Waals surface area (Å²) in [6.45, 7) is 3.68. The standard InChI is InChI=1S/C24H25N7O4/c1-34-20-9-15-14-31(24(33)16(15)10-21(20)35-2)22-13-27-12-18(28-22)23(32)29-17-11-26-4-3-19(17)30-7-5-25-6-8-30/h3-4,9-13,25H,5-8,14H2,1-2H3,(H,29,32). The summed E-state index contributed by atoms with van der Waals surface area (Å²) in [5.74, 6) is 0.608. The van der Waals surface area contributed by atoms with E-state index in [0.717, 1.165) is 37.4 Å². The zero-order chi connectivity index (χ0) is 24.4. The number of hydrogen-bond donors (Lipinski definition) is 2. The lowest BCUT2D eigenvalue weighted by atomic mass is 10.1. The molecule has 11 heteroatoms. The van der Waals surface area contributed by atoms with Crippen LogP contribution in [-0.4, -0.2) is 67.2 Å². The highest BCUT2D eigenvalue weighted by molar-refractivity contribution is 6.10. The van der Waals surface area contributed by atoms with Gasteiger partial charge in [0, 0.05) is 37.9 Å². The number of anilines is 3. The minimum Gasteiger partial charge on any atom is -0.493 e. The zero-order valence-electron chi connectivity index (χ0n) is 19.4. The summed E-state index contributed by atoms with van der Waals surface area (Å²) >= 11 is 0. The van der Waals surface area contributed by atoms with E-state index in [4.69, 9.17) is 9.47 Å². The maximum atomic E-state index is 13.1. The van der Waals surface area contributed by atoms with Crippen LogP contribution >= 0.6 is 0 Å². The summed E-state index contributed by atoms with van der Waals surface area (Å²) in [6.07, 6.45) is 6.16. The molecule has 5 rings (SSSR count). The highest BCUT2D eigenvalue weighted by Gasteiger charge is 2.32. The minimum atomic E-state index is -0.434.